The van der Waals surface area contributed by atoms with Crippen LogP contribution in [-0.4, -0.2) is 45.4 Å². The second-order valence-electron chi connectivity index (χ2n) is 11.3. The summed E-state index contributed by atoms with van der Waals surface area (Å²) in [6.45, 7) is 2.03. The maximum atomic E-state index is 14.6. The second-order valence-corrected chi connectivity index (χ2v) is 13.1. The second kappa shape index (κ2) is 9.68. The summed E-state index contributed by atoms with van der Waals surface area (Å²) in [4.78, 5) is 31.9. The third-order valence-corrected chi connectivity index (χ3v) is 10.2. The maximum absolute atomic E-state index is 14.6. The van der Waals surface area contributed by atoms with Crippen LogP contribution in [0.25, 0.3) is 21.5 Å². The van der Waals surface area contributed by atoms with E-state index >= 15 is 0 Å². The van der Waals surface area contributed by atoms with Crippen molar-refractivity contribution in [3.63, 3.8) is 0 Å². The highest BCUT2D eigenvalue weighted by Crippen LogP contribution is 2.51. The number of carbonyl (C=O) groups excluding carboxylic acids is 1. The SMILES string of the molecule is CC1(c2onc(-c3c(Cl)cccc3Cl)c2C(=O)OC2CC3CC[C@@H](C2)N3c2nc3c(F)cc(C(=O)O)cc3s2)CC1. The highest BCUT2D eigenvalue weighted by atomic mass is 35.5. The average molecular weight is 616 g/mol. The number of aromatic nitrogens is 2. The van der Waals surface area contributed by atoms with Crippen molar-refractivity contribution in [2.45, 2.75) is 69.1 Å². The number of hydrogen-bond acceptors (Lipinski definition) is 8. The standard InChI is InChI=1S/C29H24Cl2FN3O5S/c1-29(7-8-29)25-22(24(34-40-25)21-17(30)3-2-4-18(21)31)27(38)39-16-11-14-5-6-15(12-16)35(14)28-33-23-19(32)9-13(26(36)37)10-20(23)41-28/h2-4,9-10,14-16H,5-8,11-12H2,1H3,(H,36,37)/t14-,15?,16?/m0/s1. The minimum atomic E-state index is -1.19. The van der Waals surface area contributed by atoms with Gasteiger partial charge < -0.3 is 19.3 Å². The van der Waals surface area contributed by atoms with Crippen LogP contribution in [-0.2, 0) is 10.2 Å². The number of piperidine rings is 1. The monoisotopic (exact) mass is 615 g/mol. The summed E-state index contributed by atoms with van der Waals surface area (Å²) in [5.41, 5.74) is 0.757. The van der Waals surface area contributed by atoms with Crippen LogP contribution >= 0.6 is 34.5 Å². The molecule has 3 atom stereocenters. The molecule has 2 aromatic heterocycles. The van der Waals surface area contributed by atoms with Gasteiger partial charge in [0.25, 0.3) is 0 Å². The molecule has 3 fully saturated rings. The number of fused-ring (bicyclic) bond motifs is 3. The van der Waals surface area contributed by atoms with Gasteiger partial charge in [-0.15, -0.1) is 0 Å². The van der Waals surface area contributed by atoms with E-state index in [1.807, 2.05) is 6.92 Å². The van der Waals surface area contributed by atoms with E-state index in [0.29, 0.717) is 44.0 Å². The zero-order chi connectivity index (χ0) is 28.6. The summed E-state index contributed by atoms with van der Waals surface area (Å²) in [6.07, 6.45) is 4.34. The van der Waals surface area contributed by atoms with Gasteiger partial charge in [-0.25, -0.2) is 19.0 Å². The van der Waals surface area contributed by atoms with Gasteiger partial charge in [0.2, 0.25) is 0 Å². The van der Waals surface area contributed by atoms with Crippen LogP contribution in [0.4, 0.5) is 9.52 Å². The van der Waals surface area contributed by atoms with Crippen LogP contribution in [0.3, 0.4) is 0 Å². The van der Waals surface area contributed by atoms with Crippen LogP contribution < -0.4 is 4.90 Å². The molecule has 4 heterocycles. The largest absolute Gasteiger partial charge is 0.478 e. The first-order chi connectivity index (χ1) is 19.6. The number of rotatable bonds is 6. The zero-order valence-electron chi connectivity index (χ0n) is 21.8. The Hall–Kier alpha value is -3.21. The van der Waals surface area contributed by atoms with Crippen molar-refractivity contribution in [3.05, 3.63) is 63.1 Å². The van der Waals surface area contributed by atoms with E-state index in [2.05, 4.69) is 15.0 Å². The molecule has 1 N–H and O–H groups in total. The molecule has 1 aliphatic carbocycles. The van der Waals surface area contributed by atoms with Crippen LogP contribution in [0.2, 0.25) is 10.0 Å². The highest BCUT2D eigenvalue weighted by Gasteiger charge is 2.49. The van der Waals surface area contributed by atoms with Crippen molar-refractivity contribution in [2.24, 2.45) is 0 Å². The third kappa shape index (κ3) is 4.47. The summed E-state index contributed by atoms with van der Waals surface area (Å²) in [6, 6.07) is 7.66. The number of halogens is 3. The number of esters is 1. The number of hydrogen-bond donors (Lipinski definition) is 1. The minimum Gasteiger partial charge on any atom is -0.478 e. The number of nitrogens with zero attached hydrogens (tertiary/aromatic N) is 3. The molecule has 2 aliphatic heterocycles. The Labute approximate surface area is 248 Å². The normalized spacial score (nSPS) is 22.7. The number of carboxylic acids is 1. The lowest BCUT2D eigenvalue weighted by molar-refractivity contribution is 0.0201. The smallest absolute Gasteiger partial charge is 0.344 e. The van der Waals surface area contributed by atoms with Crippen LogP contribution in [0.15, 0.2) is 34.9 Å². The number of ether oxygens (including phenoxy) is 1. The molecule has 3 aliphatic rings. The van der Waals surface area contributed by atoms with E-state index < -0.39 is 17.8 Å². The van der Waals surface area contributed by atoms with Crippen molar-refractivity contribution < 1.29 is 28.3 Å². The van der Waals surface area contributed by atoms with Crippen molar-refractivity contribution in [2.75, 3.05) is 4.90 Å². The molecule has 0 amide bonds. The first-order valence-corrected chi connectivity index (χ1v) is 15.0. The average Bonchev–Trinajstić information content (AvgIpc) is 3.23. The van der Waals surface area contributed by atoms with Gasteiger partial charge in [0.1, 0.15) is 22.9 Å². The van der Waals surface area contributed by atoms with Gasteiger partial charge in [0.15, 0.2) is 16.7 Å². The fourth-order valence-electron chi connectivity index (χ4n) is 6.16. The number of anilines is 1. The van der Waals surface area contributed by atoms with Crippen molar-refractivity contribution >= 4 is 61.8 Å². The quantitative estimate of drug-likeness (QED) is 0.222. The molecule has 0 radical (unpaired) electrons. The van der Waals surface area contributed by atoms with E-state index in [0.717, 1.165) is 31.7 Å². The van der Waals surface area contributed by atoms with E-state index in [4.69, 9.17) is 32.5 Å². The molecule has 8 nitrogen and oxygen atoms in total. The fraction of sp³-hybridized carbons (Fsp3) is 0.379. The molecule has 2 aromatic carbocycles. The zero-order valence-corrected chi connectivity index (χ0v) is 24.2. The Kier molecular flexibility index (Phi) is 6.29. The molecule has 1 saturated carbocycles. The van der Waals surface area contributed by atoms with E-state index in [1.54, 1.807) is 18.2 Å². The molecular formula is C29H24Cl2FN3O5S. The van der Waals surface area contributed by atoms with E-state index in [1.165, 1.54) is 17.4 Å². The van der Waals surface area contributed by atoms with Gasteiger partial charge in [-0.1, -0.05) is 52.7 Å². The summed E-state index contributed by atoms with van der Waals surface area (Å²) in [7, 11) is 0. The van der Waals surface area contributed by atoms with Gasteiger partial charge in [-0.2, -0.15) is 0 Å². The topological polar surface area (TPSA) is 106 Å². The van der Waals surface area contributed by atoms with Crippen molar-refractivity contribution in [3.8, 4) is 11.3 Å². The van der Waals surface area contributed by atoms with Crippen LogP contribution in [0.1, 0.15) is 71.9 Å². The molecule has 41 heavy (non-hydrogen) atoms. The summed E-state index contributed by atoms with van der Waals surface area (Å²) >= 11 is 14.2. The molecule has 2 bridgehead atoms. The molecular weight excluding hydrogens is 592 g/mol. The van der Waals surface area contributed by atoms with Gasteiger partial charge in [0.05, 0.1) is 20.3 Å². The first kappa shape index (κ1) is 26.7. The van der Waals surface area contributed by atoms with Crippen molar-refractivity contribution in [1.29, 1.82) is 0 Å². The van der Waals surface area contributed by atoms with Gasteiger partial charge in [-0.05, 0) is 49.9 Å². The van der Waals surface area contributed by atoms with Crippen LogP contribution in [0.5, 0.6) is 0 Å². The Morgan fingerprint density at radius 1 is 1.17 bits per heavy atom. The van der Waals surface area contributed by atoms with E-state index in [9.17, 15) is 19.1 Å². The third-order valence-electron chi connectivity index (χ3n) is 8.51. The number of carbonyl (C=O) groups is 2. The Morgan fingerprint density at radius 3 is 2.49 bits per heavy atom. The highest BCUT2D eigenvalue weighted by molar-refractivity contribution is 7.22. The fourth-order valence-corrected chi connectivity index (χ4v) is 7.90. The molecule has 212 valence electrons. The lowest BCUT2D eigenvalue weighted by Gasteiger charge is -2.38. The van der Waals surface area contributed by atoms with Gasteiger partial charge >= 0.3 is 11.9 Å². The van der Waals surface area contributed by atoms with Gasteiger partial charge in [-0.3, -0.25) is 0 Å². The first-order valence-electron chi connectivity index (χ1n) is 13.4. The summed E-state index contributed by atoms with van der Waals surface area (Å²) in [5, 5.41) is 14.9. The number of carboxylic acid groups (broad SMARTS) is 1. The number of aromatic carboxylic acids is 1. The predicted molar refractivity (Wildman–Crippen MR) is 153 cm³/mol. The number of thiazole rings is 1. The molecule has 2 saturated heterocycles. The van der Waals surface area contributed by atoms with Crippen molar-refractivity contribution in [1.82, 2.24) is 10.1 Å². The molecule has 2 unspecified atom stereocenters. The molecule has 0 spiro atoms. The summed E-state index contributed by atoms with van der Waals surface area (Å²) < 4.78 is 27.0. The summed E-state index contributed by atoms with van der Waals surface area (Å²) in [5.74, 6) is -1.86. The predicted octanol–water partition coefficient (Wildman–Crippen LogP) is 7.50. The molecule has 12 heteroatoms. The minimum absolute atomic E-state index is 0.0505. The Balaban J connectivity index is 1.15. The molecule has 4 aromatic rings. The lowest BCUT2D eigenvalue weighted by Crippen LogP contribution is -2.46. The van der Waals surface area contributed by atoms with Crippen LogP contribution in [0, 0.1) is 5.82 Å². The Morgan fingerprint density at radius 2 is 1.85 bits per heavy atom. The lowest BCUT2D eigenvalue weighted by atomic mass is 9.97. The number of benzene rings is 2. The molecule has 7 rings (SSSR count). The Bertz CT molecular complexity index is 1700. The van der Waals surface area contributed by atoms with E-state index in [-0.39, 0.29) is 45.9 Å². The van der Waals surface area contributed by atoms with Gasteiger partial charge in [0, 0.05) is 35.9 Å². The maximum Gasteiger partial charge on any atom is 0.344 e.